The van der Waals surface area contributed by atoms with Crippen LogP contribution in [-0.2, 0) is 28.7 Å². The molecule has 8 fully saturated rings. The van der Waals surface area contributed by atoms with Crippen LogP contribution in [-0.4, -0.2) is 92.1 Å². The van der Waals surface area contributed by atoms with Gasteiger partial charge in [0, 0.05) is 48.9 Å². The maximum atomic E-state index is 11.6. The Morgan fingerprint density at radius 3 is 1.62 bits per heavy atom. The van der Waals surface area contributed by atoms with E-state index in [1.54, 1.807) is 12.2 Å². The molecule has 2 aliphatic carbocycles. The average Bonchev–Trinajstić information content (AvgIpc) is 3.55. The van der Waals surface area contributed by atoms with Crippen LogP contribution in [0.2, 0.25) is 0 Å². The van der Waals surface area contributed by atoms with Crippen LogP contribution in [0.3, 0.4) is 0 Å². The normalized spacial score (nSPS) is 61.5. The summed E-state index contributed by atoms with van der Waals surface area (Å²) in [6.45, 7) is 0. The number of hydrogen-bond donors (Lipinski definition) is 2. The van der Waals surface area contributed by atoms with E-state index in [9.17, 15) is 19.8 Å². The molecule has 0 aromatic rings. The first-order valence-corrected chi connectivity index (χ1v) is 12.6. The molecule has 10 bridgehead atoms. The Bertz CT molecular complexity index is 1040. The third-order valence-electron chi connectivity index (χ3n) is 10.4. The first-order chi connectivity index (χ1) is 16.4. The number of hydrogen-bond acceptors (Lipinski definition) is 10. The molecule has 14 atom stereocenters. The van der Waals surface area contributed by atoms with Gasteiger partial charge in [0.2, 0.25) is 0 Å². The van der Waals surface area contributed by atoms with Gasteiger partial charge in [-0.3, -0.25) is 9.68 Å². The lowest BCUT2D eigenvalue weighted by atomic mass is 9.66. The second-order valence-electron chi connectivity index (χ2n) is 11.6. The molecule has 10 rings (SSSR count). The number of carbonyl (C=O) groups is 2. The van der Waals surface area contributed by atoms with Crippen LogP contribution in [0.5, 0.6) is 0 Å². The number of hydroxylamine groups is 4. The zero-order chi connectivity index (χ0) is 22.7. The maximum absolute atomic E-state index is 11.6. The Morgan fingerprint density at radius 2 is 1.18 bits per heavy atom. The van der Waals surface area contributed by atoms with Gasteiger partial charge in [-0.25, -0.2) is 9.59 Å². The summed E-state index contributed by atoms with van der Waals surface area (Å²) in [7, 11) is 0. The molecular weight excluding hydrogens is 444 g/mol. The van der Waals surface area contributed by atoms with Gasteiger partial charge in [0.25, 0.3) is 0 Å². The highest BCUT2D eigenvalue weighted by Crippen LogP contribution is 2.63. The van der Waals surface area contributed by atoms with E-state index >= 15 is 0 Å². The fraction of sp³-hybridized carbons (Fsp3) is 0.750. The van der Waals surface area contributed by atoms with Crippen molar-refractivity contribution in [3.63, 3.8) is 0 Å². The van der Waals surface area contributed by atoms with Crippen molar-refractivity contribution in [3.8, 4) is 0 Å². The molecule has 8 aliphatic heterocycles. The van der Waals surface area contributed by atoms with Gasteiger partial charge in [-0.05, 0) is 36.8 Å². The molecule has 2 N–H and O–H groups in total. The largest absolute Gasteiger partial charge is 0.449 e. The number of carbonyl (C=O) groups excluding carboxylic acids is 2. The van der Waals surface area contributed by atoms with Gasteiger partial charge in [-0.15, -0.1) is 0 Å². The monoisotopic (exact) mass is 470 g/mol. The first kappa shape index (κ1) is 19.4. The van der Waals surface area contributed by atoms with Crippen molar-refractivity contribution < 1.29 is 39.0 Å². The predicted molar refractivity (Wildman–Crippen MR) is 109 cm³/mol. The van der Waals surface area contributed by atoms with Gasteiger partial charge in [0.1, 0.15) is 12.2 Å². The van der Waals surface area contributed by atoms with Crippen LogP contribution < -0.4 is 0 Å². The van der Waals surface area contributed by atoms with Gasteiger partial charge in [-0.2, -0.15) is 10.1 Å². The average molecular weight is 470 g/mol. The third kappa shape index (κ3) is 1.90. The number of aliphatic hydroxyl groups excluding tert-OH is 2. The van der Waals surface area contributed by atoms with Gasteiger partial charge in [-0.1, -0.05) is 0 Å². The van der Waals surface area contributed by atoms with Gasteiger partial charge in [0.15, 0.2) is 11.2 Å². The molecule has 10 aliphatic rings. The molecule has 10 nitrogen and oxygen atoms in total. The number of piperidine rings is 2. The number of aliphatic hydroxyl groups is 2. The van der Waals surface area contributed by atoms with Crippen molar-refractivity contribution in [2.45, 2.75) is 98.3 Å². The standard InChI is InChI=1S/2C12H13NO4/c2*14-7-4-12-5(3-9(15)16-12)10-6-1-2-8(12)13(6)17-11(7)10/h2*3,6-8,10-11,14H,1-2,4H2/t2*6-,7-,8+,10+,11+,12+/m11/s1. The highest BCUT2D eigenvalue weighted by Gasteiger charge is 2.74. The Hall–Kier alpha value is -1.82. The molecule has 2 unspecified atom stereocenters. The third-order valence-corrected chi connectivity index (χ3v) is 10.4. The number of esters is 2. The summed E-state index contributed by atoms with van der Waals surface area (Å²) in [6.07, 6.45) is 7.08. The van der Waals surface area contributed by atoms with Crippen LogP contribution in [0.4, 0.5) is 0 Å². The van der Waals surface area contributed by atoms with Gasteiger partial charge in [0.05, 0.1) is 24.3 Å². The molecule has 0 aromatic carbocycles. The SMILES string of the molecule is O=C1C=C2[C@@H]3[C@H]4ON5[C@@H]3CC[C@H]5[C@@]2(C[C@H]4O)O1.O=C1C=C2[C@@H]3[C@H]4ON5[C@@H]3CC[C@H]5[C@@]2(C[C@H]4O)O1. The fourth-order valence-electron chi connectivity index (χ4n) is 9.48. The summed E-state index contributed by atoms with van der Waals surface area (Å²) in [5.41, 5.74) is 1.03. The lowest BCUT2D eigenvalue weighted by Gasteiger charge is -2.47. The molecule has 180 valence electrons. The Kier molecular flexibility index (Phi) is 3.29. The quantitative estimate of drug-likeness (QED) is 0.449. The molecule has 10 heteroatoms. The van der Waals surface area contributed by atoms with E-state index in [4.69, 9.17) is 19.1 Å². The van der Waals surface area contributed by atoms with Crippen LogP contribution in [0.25, 0.3) is 0 Å². The fourth-order valence-corrected chi connectivity index (χ4v) is 9.48. The second-order valence-corrected chi connectivity index (χ2v) is 11.6. The topological polar surface area (TPSA) is 118 Å². The van der Waals surface area contributed by atoms with Crippen molar-refractivity contribution in [2.24, 2.45) is 11.8 Å². The van der Waals surface area contributed by atoms with Crippen molar-refractivity contribution >= 4 is 11.9 Å². The summed E-state index contributed by atoms with van der Waals surface area (Å²) in [5.74, 6) is -0.174. The summed E-state index contributed by atoms with van der Waals surface area (Å²) >= 11 is 0. The van der Waals surface area contributed by atoms with Crippen molar-refractivity contribution in [1.82, 2.24) is 10.1 Å². The smallest absolute Gasteiger partial charge is 0.331 e. The number of ether oxygens (including phenoxy) is 2. The summed E-state index contributed by atoms with van der Waals surface area (Å²) in [5, 5.41) is 24.4. The Balaban J connectivity index is 0.000000104. The van der Waals surface area contributed by atoms with Crippen LogP contribution in [0.15, 0.2) is 23.3 Å². The van der Waals surface area contributed by atoms with Crippen molar-refractivity contribution in [3.05, 3.63) is 23.3 Å². The maximum Gasteiger partial charge on any atom is 0.331 e. The van der Waals surface area contributed by atoms with E-state index in [-0.39, 0.29) is 48.1 Å². The van der Waals surface area contributed by atoms with E-state index < -0.39 is 23.4 Å². The molecule has 0 radical (unpaired) electrons. The van der Waals surface area contributed by atoms with E-state index in [1.165, 1.54) is 0 Å². The minimum atomic E-state index is -0.582. The van der Waals surface area contributed by atoms with E-state index in [0.29, 0.717) is 24.9 Å². The molecule has 0 amide bonds. The van der Waals surface area contributed by atoms with Crippen molar-refractivity contribution in [2.75, 3.05) is 0 Å². The predicted octanol–water partition coefficient (Wildman–Crippen LogP) is -0.501. The van der Waals surface area contributed by atoms with Gasteiger partial charge < -0.3 is 19.7 Å². The zero-order valence-corrected chi connectivity index (χ0v) is 18.4. The van der Waals surface area contributed by atoms with Crippen LogP contribution in [0, 0.1) is 11.8 Å². The lowest BCUT2D eigenvalue weighted by molar-refractivity contribution is -0.196. The Labute approximate surface area is 194 Å². The van der Waals surface area contributed by atoms with Gasteiger partial charge >= 0.3 is 11.9 Å². The summed E-state index contributed by atoms with van der Waals surface area (Å²) < 4.78 is 11.2. The number of rotatable bonds is 0. The minimum absolute atomic E-state index is 0.114. The molecule has 0 aromatic heterocycles. The molecule has 2 saturated carbocycles. The summed E-state index contributed by atoms with van der Waals surface area (Å²) in [4.78, 5) is 35.0. The minimum Gasteiger partial charge on any atom is -0.449 e. The van der Waals surface area contributed by atoms with E-state index in [1.807, 2.05) is 10.1 Å². The molecule has 0 spiro atoms. The zero-order valence-electron chi connectivity index (χ0n) is 18.4. The van der Waals surface area contributed by atoms with Crippen LogP contribution >= 0.6 is 0 Å². The summed E-state index contributed by atoms with van der Waals surface area (Å²) in [6, 6.07) is 0.912. The first-order valence-electron chi connectivity index (χ1n) is 12.6. The molecule has 34 heavy (non-hydrogen) atoms. The highest BCUT2D eigenvalue weighted by atomic mass is 16.7. The molecular formula is C24H26N2O8. The van der Waals surface area contributed by atoms with E-state index in [0.717, 1.165) is 36.8 Å². The van der Waals surface area contributed by atoms with E-state index in [2.05, 4.69) is 0 Å². The Morgan fingerprint density at radius 1 is 0.735 bits per heavy atom. The van der Waals surface area contributed by atoms with Crippen LogP contribution in [0.1, 0.15) is 38.5 Å². The molecule has 6 saturated heterocycles. The molecule has 8 heterocycles. The highest BCUT2D eigenvalue weighted by molar-refractivity contribution is 5.88. The second kappa shape index (κ2) is 5.77. The van der Waals surface area contributed by atoms with Crippen molar-refractivity contribution in [1.29, 1.82) is 0 Å². The lowest BCUT2D eigenvalue weighted by Crippen LogP contribution is -2.60. The number of nitrogens with zero attached hydrogens (tertiary/aromatic N) is 2.